The van der Waals surface area contributed by atoms with E-state index in [1.165, 1.54) is 0 Å². The number of aryl methyl sites for hydroxylation is 1. The Morgan fingerprint density at radius 1 is 1.46 bits per heavy atom. The quantitative estimate of drug-likeness (QED) is 0.709. The molecule has 0 fully saturated rings. The van der Waals surface area contributed by atoms with Crippen molar-refractivity contribution in [3.8, 4) is 11.8 Å². The molecular weight excluding hydrogens is 162 g/mol. The predicted octanol–water partition coefficient (Wildman–Crippen LogP) is 2.61. The lowest BCUT2D eigenvalue weighted by atomic mass is 10.1. The number of hydrogen-bond acceptors (Lipinski definition) is 2. The summed E-state index contributed by atoms with van der Waals surface area (Å²) in [6.45, 7) is 3.65. The van der Waals surface area contributed by atoms with E-state index >= 15 is 0 Å². The number of allylic oxidation sites excluding steroid dienone is 1. The van der Waals surface area contributed by atoms with Crippen molar-refractivity contribution in [3.63, 3.8) is 0 Å². The number of aromatic hydroxyl groups is 1. The van der Waals surface area contributed by atoms with Gasteiger partial charge in [0.25, 0.3) is 0 Å². The number of nitriles is 1. The molecule has 2 nitrogen and oxygen atoms in total. The lowest BCUT2D eigenvalue weighted by molar-refractivity contribution is 0.470. The van der Waals surface area contributed by atoms with Crippen LogP contribution in [0.4, 0.5) is 0 Å². The lowest BCUT2D eigenvalue weighted by Crippen LogP contribution is -1.83. The Labute approximate surface area is 77.8 Å². The topological polar surface area (TPSA) is 44.0 Å². The van der Waals surface area contributed by atoms with E-state index in [-0.39, 0.29) is 5.75 Å². The van der Waals surface area contributed by atoms with Gasteiger partial charge in [-0.15, -0.1) is 0 Å². The van der Waals surface area contributed by atoms with Gasteiger partial charge in [-0.25, -0.2) is 0 Å². The van der Waals surface area contributed by atoms with Crippen LogP contribution >= 0.6 is 0 Å². The highest BCUT2D eigenvalue weighted by Gasteiger charge is 2.03. The fourth-order valence-corrected chi connectivity index (χ4v) is 1.18. The Bertz CT molecular complexity index is 386. The van der Waals surface area contributed by atoms with Gasteiger partial charge in [-0.1, -0.05) is 12.2 Å². The maximum absolute atomic E-state index is 9.59. The van der Waals surface area contributed by atoms with Crippen LogP contribution in [0, 0.1) is 18.3 Å². The van der Waals surface area contributed by atoms with Crippen LogP contribution < -0.4 is 0 Å². The summed E-state index contributed by atoms with van der Waals surface area (Å²) in [4.78, 5) is 0. The normalized spacial score (nSPS) is 10.2. The standard InChI is InChI=1S/C11H11NO/c1-3-4-10-6-9(7-12)5-8(2)11(10)13/h3-6,13H,1-2H3. The van der Waals surface area contributed by atoms with Gasteiger partial charge in [-0.05, 0) is 31.5 Å². The third-order valence-corrected chi connectivity index (χ3v) is 1.81. The maximum Gasteiger partial charge on any atom is 0.125 e. The molecule has 1 rings (SSSR count). The van der Waals surface area contributed by atoms with Gasteiger partial charge >= 0.3 is 0 Å². The second-order valence-electron chi connectivity index (χ2n) is 2.84. The second-order valence-corrected chi connectivity index (χ2v) is 2.84. The molecule has 0 saturated heterocycles. The number of nitrogens with zero attached hydrogens (tertiary/aromatic N) is 1. The molecule has 1 N–H and O–H groups in total. The molecule has 0 bridgehead atoms. The molecule has 13 heavy (non-hydrogen) atoms. The third-order valence-electron chi connectivity index (χ3n) is 1.81. The first-order valence-corrected chi connectivity index (χ1v) is 4.05. The van der Waals surface area contributed by atoms with Crippen LogP contribution in [-0.2, 0) is 0 Å². The largest absolute Gasteiger partial charge is 0.507 e. The first-order chi connectivity index (χ1) is 6.19. The maximum atomic E-state index is 9.59. The number of hydrogen-bond donors (Lipinski definition) is 1. The highest BCUT2D eigenvalue weighted by atomic mass is 16.3. The molecule has 2 heteroatoms. The molecule has 0 heterocycles. The SMILES string of the molecule is CC=Cc1cc(C#N)cc(C)c1O. The van der Waals surface area contributed by atoms with Gasteiger partial charge in [0.05, 0.1) is 11.6 Å². The van der Waals surface area contributed by atoms with Crippen LogP contribution in [0.15, 0.2) is 18.2 Å². The molecule has 1 aromatic carbocycles. The summed E-state index contributed by atoms with van der Waals surface area (Å²) in [5.74, 6) is 0.247. The van der Waals surface area contributed by atoms with Crippen LogP contribution in [0.5, 0.6) is 5.75 Å². The third kappa shape index (κ3) is 1.88. The molecule has 0 spiro atoms. The van der Waals surface area contributed by atoms with Crippen molar-refractivity contribution >= 4 is 6.08 Å². The van der Waals surface area contributed by atoms with E-state index in [4.69, 9.17) is 5.26 Å². The van der Waals surface area contributed by atoms with Gasteiger partial charge in [-0.3, -0.25) is 0 Å². The average molecular weight is 173 g/mol. The number of benzene rings is 1. The average Bonchev–Trinajstić information content (AvgIpc) is 2.13. The number of rotatable bonds is 1. The highest BCUT2D eigenvalue weighted by Crippen LogP contribution is 2.24. The zero-order valence-electron chi connectivity index (χ0n) is 7.70. The molecule has 0 aliphatic heterocycles. The minimum absolute atomic E-state index is 0.247. The Balaban J connectivity index is 3.35. The van der Waals surface area contributed by atoms with E-state index in [9.17, 15) is 5.11 Å². The Kier molecular flexibility index (Phi) is 2.71. The molecule has 0 atom stereocenters. The van der Waals surface area contributed by atoms with Crippen molar-refractivity contribution < 1.29 is 5.11 Å². The van der Waals surface area contributed by atoms with Crippen molar-refractivity contribution in [2.75, 3.05) is 0 Å². The summed E-state index contributed by atoms with van der Waals surface area (Å²) in [5, 5.41) is 18.3. The fourth-order valence-electron chi connectivity index (χ4n) is 1.18. The smallest absolute Gasteiger partial charge is 0.125 e. The monoisotopic (exact) mass is 173 g/mol. The van der Waals surface area contributed by atoms with Crippen LogP contribution in [0.1, 0.15) is 23.6 Å². The summed E-state index contributed by atoms with van der Waals surface area (Å²) >= 11 is 0. The molecule has 66 valence electrons. The highest BCUT2D eigenvalue weighted by molar-refractivity contribution is 5.61. The van der Waals surface area contributed by atoms with E-state index in [1.54, 1.807) is 25.1 Å². The van der Waals surface area contributed by atoms with Crippen molar-refractivity contribution in [1.29, 1.82) is 5.26 Å². The molecular formula is C11H11NO. The number of phenols is 1. The molecule has 0 aliphatic carbocycles. The van der Waals surface area contributed by atoms with Gasteiger partial charge in [0.15, 0.2) is 0 Å². The van der Waals surface area contributed by atoms with Gasteiger partial charge in [0.1, 0.15) is 5.75 Å². The Hall–Kier alpha value is -1.75. The predicted molar refractivity (Wildman–Crippen MR) is 52.3 cm³/mol. The zero-order valence-corrected chi connectivity index (χ0v) is 7.70. The summed E-state index contributed by atoms with van der Waals surface area (Å²) in [5.41, 5.74) is 2.00. The van der Waals surface area contributed by atoms with E-state index < -0.39 is 0 Å². The summed E-state index contributed by atoms with van der Waals surface area (Å²) < 4.78 is 0. The van der Waals surface area contributed by atoms with E-state index in [2.05, 4.69) is 0 Å². The molecule has 0 radical (unpaired) electrons. The minimum atomic E-state index is 0.247. The molecule has 0 amide bonds. The fraction of sp³-hybridized carbons (Fsp3) is 0.182. The molecule has 1 aromatic rings. The Morgan fingerprint density at radius 2 is 2.15 bits per heavy atom. The van der Waals surface area contributed by atoms with Crippen LogP contribution in [-0.4, -0.2) is 5.11 Å². The van der Waals surface area contributed by atoms with Crippen molar-refractivity contribution in [3.05, 3.63) is 34.9 Å². The molecule has 0 aliphatic rings. The molecule has 0 saturated carbocycles. The van der Waals surface area contributed by atoms with Gasteiger partial charge in [-0.2, -0.15) is 5.26 Å². The second kappa shape index (κ2) is 3.77. The summed E-state index contributed by atoms with van der Waals surface area (Å²) in [6, 6.07) is 5.39. The first-order valence-electron chi connectivity index (χ1n) is 4.05. The van der Waals surface area contributed by atoms with Crippen molar-refractivity contribution in [2.24, 2.45) is 0 Å². The van der Waals surface area contributed by atoms with Crippen LogP contribution in [0.2, 0.25) is 0 Å². The van der Waals surface area contributed by atoms with E-state index in [0.29, 0.717) is 11.1 Å². The van der Waals surface area contributed by atoms with Crippen molar-refractivity contribution in [2.45, 2.75) is 13.8 Å². The molecule has 0 aromatic heterocycles. The minimum Gasteiger partial charge on any atom is -0.507 e. The van der Waals surface area contributed by atoms with Gasteiger partial charge in [0.2, 0.25) is 0 Å². The zero-order chi connectivity index (χ0) is 9.84. The Morgan fingerprint density at radius 3 is 2.69 bits per heavy atom. The number of phenolic OH excluding ortho intramolecular Hbond substituents is 1. The summed E-state index contributed by atoms with van der Waals surface area (Å²) in [7, 11) is 0. The summed E-state index contributed by atoms with van der Waals surface area (Å²) in [6.07, 6.45) is 3.61. The van der Waals surface area contributed by atoms with Crippen LogP contribution in [0.25, 0.3) is 6.08 Å². The van der Waals surface area contributed by atoms with Crippen molar-refractivity contribution in [1.82, 2.24) is 0 Å². The van der Waals surface area contributed by atoms with E-state index in [0.717, 1.165) is 5.56 Å². The van der Waals surface area contributed by atoms with Gasteiger partial charge < -0.3 is 5.11 Å². The lowest BCUT2D eigenvalue weighted by Gasteiger charge is -2.03. The van der Waals surface area contributed by atoms with E-state index in [1.807, 2.05) is 19.1 Å². The molecule has 0 unspecified atom stereocenters. The van der Waals surface area contributed by atoms with Gasteiger partial charge in [0, 0.05) is 5.56 Å². The first kappa shape index (κ1) is 9.34. The van der Waals surface area contributed by atoms with Crippen LogP contribution in [0.3, 0.4) is 0 Å².